The van der Waals surface area contributed by atoms with Crippen molar-refractivity contribution in [3.05, 3.63) is 12.1 Å². The zero-order chi connectivity index (χ0) is 19.7. The highest BCUT2D eigenvalue weighted by molar-refractivity contribution is 6.10. The van der Waals surface area contributed by atoms with Crippen LogP contribution in [0.5, 0.6) is 17.2 Å². The molecule has 0 aliphatic heterocycles. The molecule has 0 aliphatic rings. The van der Waals surface area contributed by atoms with Crippen LogP contribution in [0.4, 0.5) is 5.69 Å². The predicted molar refractivity (Wildman–Crippen MR) is 98.0 cm³/mol. The average molecular weight is 368 g/mol. The van der Waals surface area contributed by atoms with E-state index in [0.29, 0.717) is 42.5 Å². The lowest BCUT2D eigenvalue weighted by atomic mass is 9.91. The molecule has 1 rings (SSSR count). The molecule has 0 unspecified atom stereocenters. The number of amides is 2. The molecule has 2 N–H and O–H groups in total. The fraction of sp³-hybridized carbons (Fsp3) is 0.556. The topological polar surface area (TPSA) is 95.1 Å². The van der Waals surface area contributed by atoms with E-state index >= 15 is 0 Å². The Morgan fingerprint density at radius 3 is 2.00 bits per heavy atom. The number of hydrogen-bond acceptors (Lipinski definition) is 6. The summed E-state index contributed by atoms with van der Waals surface area (Å²) in [5.41, 5.74) is -0.822. The van der Waals surface area contributed by atoms with Crippen LogP contribution in [0.3, 0.4) is 0 Å². The summed E-state index contributed by atoms with van der Waals surface area (Å²) in [5, 5.41) is 5.46. The van der Waals surface area contributed by atoms with Gasteiger partial charge in [0.2, 0.25) is 17.6 Å². The normalized spacial score (nSPS) is 10.8. The predicted octanol–water partition coefficient (Wildman–Crippen LogP) is 1.83. The number of hydrogen-bond donors (Lipinski definition) is 2. The molecule has 1 aromatic carbocycles. The Kier molecular flexibility index (Phi) is 8.18. The van der Waals surface area contributed by atoms with Crippen LogP contribution < -0.4 is 24.8 Å². The van der Waals surface area contributed by atoms with E-state index in [2.05, 4.69) is 10.6 Å². The molecule has 1 aromatic rings. The van der Waals surface area contributed by atoms with E-state index < -0.39 is 11.3 Å². The van der Waals surface area contributed by atoms with Crippen LogP contribution >= 0.6 is 0 Å². The van der Waals surface area contributed by atoms with Gasteiger partial charge in [0.05, 0.1) is 21.3 Å². The smallest absolute Gasteiger partial charge is 0.239 e. The number of methoxy groups -OCH3 is 4. The van der Waals surface area contributed by atoms with Crippen LogP contribution in [0.15, 0.2) is 12.1 Å². The van der Waals surface area contributed by atoms with Gasteiger partial charge in [0.25, 0.3) is 0 Å². The monoisotopic (exact) mass is 368 g/mol. The Bertz CT molecular complexity index is 605. The fourth-order valence-corrected chi connectivity index (χ4v) is 2.18. The summed E-state index contributed by atoms with van der Waals surface area (Å²) in [6, 6.07) is 3.21. The number of benzene rings is 1. The summed E-state index contributed by atoms with van der Waals surface area (Å²) in [5.74, 6) is 0.422. The Hall–Kier alpha value is -2.48. The average Bonchev–Trinajstić information content (AvgIpc) is 2.63. The maximum Gasteiger partial charge on any atom is 0.239 e. The van der Waals surface area contributed by atoms with Crippen molar-refractivity contribution in [2.24, 2.45) is 5.41 Å². The zero-order valence-corrected chi connectivity index (χ0v) is 16.2. The zero-order valence-electron chi connectivity index (χ0n) is 16.2. The first-order valence-corrected chi connectivity index (χ1v) is 8.20. The van der Waals surface area contributed by atoms with Crippen molar-refractivity contribution >= 4 is 17.5 Å². The van der Waals surface area contributed by atoms with Crippen molar-refractivity contribution < 1.29 is 28.5 Å². The first kappa shape index (κ1) is 21.6. The Balaban J connectivity index is 2.89. The number of rotatable bonds is 10. The number of carbonyl (C=O) groups excluding carboxylic acids is 2. The molecule has 8 nitrogen and oxygen atoms in total. The molecule has 26 heavy (non-hydrogen) atoms. The molecule has 0 spiro atoms. The summed E-state index contributed by atoms with van der Waals surface area (Å²) >= 11 is 0. The van der Waals surface area contributed by atoms with Crippen molar-refractivity contribution in [3.8, 4) is 17.2 Å². The highest BCUT2D eigenvalue weighted by atomic mass is 16.5. The minimum Gasteiger partial charge on any atom is -0.493 e. The molecule has 0 heterocycles. The Morgan fingerprint density at radius 1 is 0.962 bits per heavy atom. The molecule has 8 heteroatoms. The van der Waals surface area contributed by atoms with Gasteiger partial charge in [-0.25, -0.2) is 0 Å². The van der Waals surface area contributed by atoms with Gasteiger partial charge in [0.1, 0.15) is 5.41 Å². The van der Waals surface area contributed by atoms with E-state index in [0.717, 1.165) is 0 Å². The van der Waals surface area contributed by atoms with Gasteiger partial charge in [-0.1, -0.05) is 0 Å². The van der Waals surface area contributed by atoms with Gasteiger partial charge in [0.15, 0.2) is 11.5 Å². The van der Waals surface area contributed by atoms with Crippen molar-refractivity contribution in [2.75, 3.05) is 46.9 Å². The molecule has 146 valence electrons. The van der Waals surface area contributed by atoms with E-state index in [1.54, 1.807) is 33.1 Å². The van der Waals surface area contributed by atoms with Crippen LogP contribution in [-0.4, -0.2) is 53.4 Å². The van der Waals surface area contributed by atoms with E-state index in [9.17, 15) is 9.59 Å². The van der Waals surface area contributed by atoms with E-state index in [4.69, 9.17) is 18.9 Å². The second-order valence-electron chi connectivity index (χ2n) is 6.10. The van der Waals surface area contributed by atoms with Gasteiger partial charge in [-0.05, 0) is 20.3 Å². The first-order valence-electron chi connectivity index (χ1n) is 8.20. The molecule has 0 aliphatic carbocycles. The molecule has 0 saturated heterocycles. The molecule has 0 fully saturated rings. The van der Waals surface area contributed by atoms with Crippen LogP contribution in [0.1, 0.15) is 20.3 Å². The third-order valence-electron chi connectivity index (χ3n) is 3.87. The lowest BCUT2D eigenvalue weighted by molar-refractivity contribution is -0.138. The van der Waals surface area contributed by atoms with Crippen molar-refractivity contribution in [2.45, 2.75) is 20.3 Å². The largest absolute Gasteiger partial charge is 0.493 e. The summed E-state index contributed by atoms with van der Waals surface area (Å²) < 4.78 is 20.7. The van der Waals surface area contributed by atoms with Gasteiger partial charge in [0, 0.05) is 38.1 Å². The van der Waals surface area contributed by atoms with E-state index in [1.807, 2.05) is 0 Å². The summed E-state index contributed by atoms with van der Waals surface area (Å²) in [6.45, 7) is 4.10. The lowest BCUT2D eigenvalue weighted by Crippen LogP contribution is -2.45. The van der Waals surface area contributed by atoms with Gasteiger partial charge >= 0.3 is 0 Å². The highest BCUT2D eigenvalue weighted by Gasteiger charge is 2.36. The molecule has 0 radical (unpaired) electrons. The van der Waals surface area contributed by atoms with Gasteiger partial charge in [-0.15, -0.1) is 0 Å². The molecule has 2 amide bonds. The molecular formula is C18H28N2O6. The second-order valence-corrected chi connectivity index (χ2v) is 6.10. The highest BCUT2D eigenvalue weighted by Crippen LogP contribution is 2.40. The van der Waals surface area contributed by atoms with Crippen LogP contribution in [0.2, 0.25) is 0 Å². The van der Waals surface area contributed by atoms with Gasteiger partial charge in [-0.2, -0.15) is 0 Å². The van der Waals surface area contributed by atoms with Crippen LogP contribution in [0.25, 0.3) is 0 Å². The van der Waals surface area contributed by atoms with E-state index in [-0.39, 0.29) is 5.91 Å². The number of anilines is 1. The first-order chi connectivity index (χ1) is 12.3. The van der Waals surface area contributed by atoms with Crippen molar-refractivity contribution in [1.29, 1.82) is 0 Å². The third-order valence-corrected chi connectivity index (χ3v) is 3.87. The SMILES string of the molecule is COCCCNC(=O)C(C)(C)C(=O)Nc1cc(OC)c(OC)c(OC)c1. The lowest BCUT2D eigenvalue weighted by Gasteiger charge is -2.23. The summed E-state index contributed by atoms with van der Waals surface area (Å²) in [6.07, 6.45) is 0.673. The maximum atomic E-state index is 12.6. The fourth-order valence-electron chi connectivity index (χ4n) is 2.18. The molecular weight excluding hydrogens is 340 g/mol. The molecule has 0 saturated carbocycles. The summed E-state index contributed by atoms with van der Waals surface area (Å²) in [4.78, 5) is 24.9. The number of nitrogens with one attached hydrogen (secondary N) is 2. The van der Waals surface area contributed by atoms with E-state index in [1.165, 1.54) is 21.3 Å². The van der Waals surface area contributed by atoms with Crippen molar-refractivity contribution in [1.82, 2.24) is 5.32 Å². The van der Waals surface area contributed by atoms with Crippen molar-refractivity contribution in [3.63, 3.8) is 0 Å². The Morgan fingerprint density at radius 2 is 1.54 bits per heavy atom. The van der Waals surface area contributed by atoms with Gasteiger partial charge < -0.3 is 29.6 Å². The quantitative estimate of drug-likeness (QED) is 0.483. The van der Waals surface area contributed by atoms with Gasteiger partial charge in [-0.3, -0.25) is 9.59 Å². The number of carbonyl (C=O) groups is 2. The second kappa shape index (κ2) is 9.86. The molecule has 0 atom stereocenters. The minimum atomic E-state index is -1.26. The maximum absolute atomic E-state index is 12.6. The Labute approximate surface area is 154 Å². The van der Waals surface area contributed by atoms with Crippen LogP contribution in [0, 0.1) is 5.41 Å². The van der Waals surface area contributed by atoms with Crippen LogP contribution in [-0.2, 0) is 14.3 Å². The third kappa shape index (κ3) is 5.26. The summed E-state index contributed by atoms with van der Waals surface area (Å²) in [7, 11) is 6.06. The standard InChI is InChI=1S/C18H28N2O6/c1-18(2,16(21)19-8-7-9-23-3)17(22)20-12-10-13(24-4)15(26-6)14(11-12)25-5/h10-11H,7-9H2,1-6H3,(H,19,21)(H,20,22). The molecule has 0 bridgehead atoms. The number of ether oxygens (including phenoxy) is 4. The minimum absolute atomic E-state index is 0.362. The molecule has 0 aromatic heterocycles.